The van der Waals surface area contributed by atoms with Crippen molar-refractivity contribution in [2.45, 2.75) is 39.2 Å². The number of hydrogen-bond donors (Lipinski definition) is 1. The Morgan fingerprint density at radius 2 is 2.25 bits per heavy atom. The number of nitrogens with zero attached hydrogens (tertiary/aromatic N) is 1. The minimum Gasteiger partial charge on any atom is -0.387 e. The summed E-state index contributed by atoms with van der Waals surface area (Å²) in [7, 11) is 1.99. The molecule has 3 rings (SSSR count). The second-order valence-corrected chi connectivity index (χ2v) is 5.42. The van der Waals surface area contributed by atoms with E-state index in [0.717, 1.165) is 25.0 Å². The highest BCUT2D eigenvalue weighted by atomic mass is 16.5. The van der Waals surface area contributed by atoms with Crippen molar-refractivity contribution in [2.24, 2.45) is 0 Å². The molecule has 3 heteroatoms. The van der Waals surface area contributed by atoms with E-state index in [-0.39, 0.29) is 0 Å². The van der Waals surface area contributed by atoms with E-state index in [9.17, 15) is 0 Å². The summed E-state index contributed by atoms with van der Waals surface area (Å²) in [5, 5.41) is 4.59. The van der Waals surface area contributed by atoms with Crippen molar-refractivity contribution in [3.8, 4) is 0 Å². The zero-order valence-electron chi connectivity index (χ0n) is 12.3. The summed E-state index contributed by atoms with van der Waals surface area (Å²) in [6, 6.07) is 6.67. The second-order valence-electron chi connectivity index (χ2n) is 5.42. The van der Waals surface area contributed by atoms with Crippen LogP contribution in [0.5, 0.6) is 0 Å². The predicted molar refractivity (Wildman–Crippen MR) is 83.3 cm³/mol. The summed E-state index contributed by atoms with van der Waals surface area (Å²) in [5.74, 6) is 0. The van der Waals surface area contributed by atoms with Crippen molar-refractivity contribution in [3.05, 3.63) is 35.0 Å². The molecular formula is C17H22N2O. The molecule has 2 aromatic rings. The van der Waals surface area contributed by atoms with Crippen LogP contribution < -0.4 is 5.32 Å². The molecule has 1 N–H and O–H groups in total. The Labute approximate surface area is 120 Å². The first kappa shape index (κ1) is 13.4. The molecule has 0 aliphatic carbocycles. The van der Waals surface area contributed by atoms with Crippen LogP contribution in [0.2, 0.25) is 0 Å². The van der Waals surface area contributed by atoms with E-state index in [2.05, 4.69) is 30.4 Å². The normalized spacial score (nSPS) is 14.3. The van der Waals surface area contributed by atoms with E-state index in [4.69, 9.17) is 9.72 Å². The number of pyridine rings is 1. The molecule has 1 aromatic carbocycles. The minimum atomic E-state index is 0.674. The molecule has 0 saturated heterocycles. The average Bonchev–Trinajstić information content (AvgIpc) is 2.50. The number of rotatable bonds is 4. The highest BCUT2D eigenvalue weighted by Gasteiger charge is 2.17. The quantitative estimate of drug-likeness (QED) is 0.920. The molecule has 0 radical (unpaired) electrons. The number of hydrogen-bond acceptors (Lipinski definition) is 3. The molecule has 20 heavy (non-hydrogen) atoms. The monoisotopic (exact) mass is 270 g/mol. The Kier molecular flexibility index (Phi) is 3.88. The maximum absolute atomic E-state index is 5.60. The van der Waals surface area contributed by atoms with Gasteiger partial charge in [0.25, 0.3) is 0 Å². The molecule has 0 saturated carbocycles. The molecule has 1 aromatic heterocycles. The first-order valence-corrected chi connectivity index (χ1v) is 7.53. The molecule has 0 amide bonds. The van der Waals surface area contributed by atoms with Crippen LogP contribution in [0.1, 0.15) is 36.6 Å². The standard InChI is InChI=1S/C17H22N2O/c1-3-4-5-12-6-7-15-13(10-12)17(18-2)14-11-20-9-8-16(14)19-15/h6-7,10H,3-5,8-9,11H2,1-2H3,(H,18,19). The Bertz CT molecular complexity index is 622. The first-order valence-electron chi connectivity index (χ1n) is 7.53. The lowest BCUT2D eigenvalue weighted by Crippen LogP contribution is -2.14. The van der Waals surface area contributed by atoms with Crippen molar-refractivity contribution in [3.63, 3.8) is 0 Å². The number of aromatic nitrogens is 1. The SMILES string of the molecule is CCCCc1ccc2nc3c(c(NC)c2c1)COCC3. The van der Waals surface area contributed by atoms with Gasteiger partial charge in [0.05, 0.1) is 30.1 Å². The van der Waals surface area contributed by atoms with Gasteiger partial charge < -0.3 is 10.1 Å². The number of aryl methyl sites for hydroxylation is 1. The van der Waals surface area contributed by atoms with Crippen molar-refractivity contribution in [2.75, 3.05) is 19.0 Å². The molecule has 0 atom stereocenters. The molecule has 1 aliphatic heterocycles. The van der Waals surface area contributed by atoms with Crippen LogP contribution in [0.15, 0.2) is 18.2 Å². The van der Waals surface area contributed by atoms with Gasteiger partial charge in [-0.15, -0.1) is 0 Å². The summed E-state index contributed by atoms with van der Waals surface area (Å²) in [5.41, 5.74) is 6.11. The predicted octanol–water partition coefficient (Wildman–Crippen LogP) is 3.69. The van der Waals surface area contributed by atoms with Gasteiger partial charge in [-0.2, -0.15) is 0 Å². The molecular weight excluding hydrogens is 248 g/mol. The zero-order chi connectivity index (χ0) is 13.9. The van der Waals surface area contributed by atoms with Gasteiger partial charge in [-0.3, -0.25) is 4.98 Å². The molecule has 2 heterocycles. The van der Waals surface area contributed by atoms with Crippen LogP contribution in [0, 0.1) is 0 Å². The number of unbranched alkanes of at least 4 members (excludes halogenated alkanes) is 1. The topological polar surface area (TPSA) is 34.2 Å². The number of ether oxygens (including phenoxy) is 1. The van der Waals surface area contributed by atoms with Gasteiger partial charge in [0.2, 0.25) is 0 Å². The first-order chi connectivity index (χ1) is 9.83. The Morgan fingerprint density at radius 3 is 3.05 bits per heavy atom. The summed E-state index contributed by atoms with van der Waals surface area (Å²) >= 11 is 0. The van der Waals surface area contributed by atoms with Crippen molar-refractivity contribution < 1.29 is 4.74 Å². The molecule has 0 fully saturated rings. The average molecular weight is 270 g/mol. The van der Waals surface area contributed by atoms with E-state index < -0.39 is 0 Å². The number of fused-ring (bicyclic) bond motifs is 2. The molecule has 1 aliphatic rings. The number of anilines is 1. The molecule has 0 bridgehead atoms. The van der Waals surface area contributed by atoms with Crippen molar-refractivity contribution in [1.82, 2.24) is 4.98 Å². The fraction of sp³-hybridized carbons (Fsp3) is 0.471. The third-order valence-corrected chi connectivity index (χ3v) is 4.03. The Morgan fingerprint density at radius 1 is 1.35 bits per heavy atom. The van der Waals surface area contributed by atoms with Crippen molar-refractivity contribution in [1.29, 1.82) is 0 Å². The minimum absolute atomic E-state index is 0.674. The van der Waals surface area contributed by atoms with Crippen LogP contribution in [-0.2, 0) is 24.2 Å². The lowest BCUT2D eigenvalue weighted by Gasteiger charge is -2.21. The Hall–Kier alpha value is -1.61. The van der Waals surface area contributed by atoms with Gasteiger partial charge in [0.1, 0.15) is 0 Å². The summed E-state index contributed by atoms with van der Waals surface area (Å²) in [6.45, 7) is 3.69. The largest absolute Gasteiger partial charge is 0.387 e. The van der Waals surface area contributed by atoms with E-state index >= 15 is 0 Å². The molecule has 0 unspecified atom stereocenters. The van der Waals surface area contributed by atoms with E-state index in [0.29, 0.717) is 6.61 Å². The summed E-state index contributed by atoms with van der Waals surface area (Å²) < 4.78 is 5.60. The van der Waals surface area contributed by atoms with E-state index in [1.165, 1.54) is 40.7 Å². The lowest BCUT2D eigenvalue weighted by molar-refractivity contribution is 0.110. The van der Waals surface area contributed by atoms with Crippen molar-refractivity contribution >= 4 is 16.6 Å². The fourth-order valence-electron chi connectivity index (χ4n) is 2.93. The molecule has 106 valence electrons. The number of benzene rings is 1. The molecule has 0 spiro atoms. The van der Waals surface area contributed by atoms with Gasteiger partial charge >= 0.3 is 0 Å². The van der Waals surface area contributed by atoms with Crippen LogP contribution in [0.3, 0.4) is 0 Å². The van der Waals surface area contributed by atoms with Gasteiger partial charge in [-0.25, -0.2) is 0 Å². The second kappa shape index (κ2) is 5.80. The van der Waals surface area contributed by atoms with Gasteiger partial charge in [-0.1, -0.05) is 19.4 Å². The van der Waals surface area contributed by atoms with E-state index in [1.54, 1.807) is 0 Å². The summed E-state index contributed by atoms with van der Waals surface area (Å²) in [6.07, 6.45) is 4.52. The highest BCUT2D eigenvalue weighted by molar-refractivity contribution is 5.94. The third-order valence-electron chi connectivity index (χ3n) is 4.03. The maximum atomic E-state index is 5.60. The fourth-order valence-corrected chi connectivity index (χ4v) is 2.93. The molecule has 3 nitrogen and oxygen atoms in total. The third kappa shape index (κ3) is 2.38. The lowest BCUT2D eigenvalue weighted by atomic mass is 10.00. The zero-order valence-corrected chi connectivity index (χ0v) is 12.3. The van der Waals surface area contributed by atoms with Crippen LogP contribution >= 0.6 is 0 Å². The van der Waals surface area contributed by atoms with Gasteiger partial charge in [0.15, 0.2) is 0 Å². The van der Waals surface area contributed by atoms with E-state index in [1.807, 2.05) is 7.05 Å². The summed E-state index contributed by atoms with van der Waals surface area (Å²) in [4.78, 5) is 4.83. The van der Waals surface area contributed by atoms with Crippen LogP contribution in [0.25, 0.3) is 10.9 Å². The smallest absolute Gasteiger partial charge is 0.0755 e. The van der Waals surface area contributed by atoms with Crippen LogP contribution in [0.4, 0.5) is 5.69 Å². The highest BCUT2D eigenvalue weighted by Crippen LogP contribution is 2.32. The maximum Gasteiger partial charge on any atom is 0.0755 e. The van der Waals surface area contributed by atoms with Gasteiger partial charge in [0, 0.05) is 24.4 Å². The Balaban J connectivity index is 2.12. The number of nitrogens with one attached hydrogen (secondary N) is 1. The van der Waals surface area contributed by atoms with Gasteiger partial charge in [-0.05, 0) is 30.5 Å². The van der Waals surface area contributed by atoms with Crippen LogP contribution in [-0.4, -0.2) is 18.6 Å².